The SMILES string of the molecule is Cc1cc(C)c(C(OC(=O)c2ccc(Cl)cc2)=C(OC(=O)c2ccc(Cl)cc2)c2c(C)cc(C)cc2C)c(C)c1. The molecular formula is C34H30Cl2O4. The monoisotopic (exact) mass is 572 g/mol. The lowest BCUT2D eigenvalue weighted by molar-refractivity contribution is 0.0646. The van der Waals surface area contributed by atoms with Gasteiger partial charge in [0, 0.05) is 21.2 Å². The summed E-state index contributed by atoms with van der Waals surface area (Å²) in [5.41, 5.74) is 7.58. The predicted molar refractivity (Wildman–Crippen MR) is 162 cm³/mol. The molecule has 0 radical (unpaired) electrons. The third-order valence-corrected chi connectivity index (χ3v) is 7.07. The van der Waals surface area contributed by atoms with E-state index in [1.54, 1.807) is 48.5 Å². The summed E-state index contributed by atoms with van der Waals surface area (Å²) < 4.78 is 12.4. The van der Waals surface area contributed by atoms with Gasteiger partial charge < -0.3 is 9.47 Å². The molecule has 0 spiro atoms. The Labute approximate surface area is 245 Å². The van der Waals surface area contributed by atoms with Crippen LogP contribution in [0.15, 0.2) is 72.8 Å². The lowest BCUT2D eigenvalue weighted by Gasteiger charge is -2.22. The van der Waals surface area contributed by atoms with Crippen molar-refractivity contribution in [3.63, 3.8) is 0 Å². The van der Waals surface area contributed by atoms with Gasteiger partial charge in [-0.1, -0.05) is 58.6 Å². The van der Waals surface area contributed by atoms with Crippen molar-refractivity contribution in [3.05, 3.63) is 138 Å². The molecule has 0 aliphatic heterocycles. The molecule has 4 rings (SSSR count). The van der Waals surface area contributed by atoms with E-state index in [0.717, 1.165) is 33.4 Å². The van der Waals surface area contributed by atoms with Gasteiger partial charge in [-0.3, -0.25) is 0 Å². The summed E-state index contributed by atoms with van der Waals surface area (Å²) in [6.45, 7) is 11.8. The van der Waals surface area contributed by atoms with Gasteiger partial charge in [0.25, 0.3) is 0 Å². The standard InChI is InChI=1S/C34H30Cl2O4/c1-19-15-21(3)29(22(4)16-19)31(39-33(37)25-7-11-27(35)12-8-25)32(30-23(5)17-20(2)18-24(30)6)40-34(38)26-9-13-28(36)14-10-26/h7-18H,1-6H3. The molecule has 4 aromatic carbocycles. The zero-order valence-corrected chi connectivity index (χ0v) is 24.8. The number of hydrogen-bond donors (Lipinski definition) is 0. The molecule has 4 nitrogen and oxygen atoms in total. The van der Waals surface area contributed by atoms with E-state index in [-0.39, 0.29) is 11.5 Å². The first kappa shape index (κ1) is 29.1. The van der Waals surface area contributed by atoms with Crippen LogP contribution in [0.2, 0.25) is 10.0 Å². The van der Waals surface area contributed by atoms with Gasteiger partial charge >= 0.3 is 11.9 Å². The summed E-state index contributed by atoms with van der Waals surface area (Å²) >= 11 is 12.1. The van der Waals surface area contributed by atoms with Crippen molar-refractivity contribution in [3.8, 4) is 0 Å². The number of aryl methyl sites for hydroxylation is 6. The molecular weight excluding hydrogens is 543 g/mol. The molecule has 6 heteroatoms. The first-order valence-electron chi connectivity index (χ1n) is 12.8. The van der Waals surface area contributed by atoms with Crippen LogP contribution in [0.4, 0.5) is 0 Å². The Morgan fingerprint density at radius 1 is 0.500 bits per heavy atom. The Morgan fingerprint density at radius 3 is 1.05 bits per heavy atom. The van der Waals surface area contributed by atoms with Crippen LogP contribution in [0.5, 0.6) is 0 Å². The normalized spacial score (nSPS) is 11.6. The van der Waals surface area contributed by atoms with Crippen LogP contribution < -0.4 is 0 Å². The van der Waals surface area contributed by atoms with Gasteiger partial charge in [-0.2, -0.15) is 0 Å². The number of benzene rings is 4. The molecule has 0 aliphatic carbocycles. The minimum absolute atomic E-state index is 0.160. The van der Waals surface area contributed by atoms with Gasteiger partial charge in [0.2, 0.25) is 0 Å². The van der Waals surface area contributed by atoms with Crippen molar-refractivity contribution in [1.82, 2.24) is 0 Å². The largest absolute Gasteiger partial charge is 0.418 e. The average molecular weight is 574 g/mol. The lowest BCUT2D eigenvalue weighted by Crippen LogP contribution is -2.14. The Kier molecular flexibility index (Phi) is 8.82. The maximum absolute atomic E-state index is 13.5. The topological polar surface area (TPSA) is 52.6 Å². The van der Waals surface area contributed by atoms with Crippen molar-refractivity contribution in [2.24, 2.45) is 0 Å². The highest BCUT2D eigenvalue weighted by molar-refractivity contribution is 6.31. The second-order valence-electron chi connectivity index (χ2n) is 10.00. The third kappa shape index (κ3) is 6.47. The molecule has 0 saturated carbocycles. The molecule has 0 saturated heterocycles. The summed E-state index contributed by atoms with van der Waals surface area (Å²) in [7, 11) is 0. The highest BCUT2D eigenvalue weighted by Crippen LogP contribution is 2.37. The predicted octanol–water partition coefficient (Wildman–Crippen LogP) is 9.38. The maximum Gasteiger partial charge on any atom is 0.343 e. The fourth-order valence-corrected chi connectivity index (χ4v) is 5.23. The number of halogens is 2. The molecule has 0 amide bonds. The fourth-order valence-electron chi connectivity index (χ4n) is 4.97. The van der Waals surface area contributed by atoms with Crippen LogP contribution in [0.3, 0.4) is 0 Å². The summed E-state index contributed by atoms with van der Waals surface area (Å²) in [4.78, 5) is 27.1. The molecule has 0 heterocycles. The van der Waals surface area contributed by atoms with E-state index in [4.69, 9.17) is 32.7 Å². The second kappa shape index (κ2) is 12.1. The zero-order valence-electron chi connectivity index (χ0n) is 23.3. The van der Waals surface area contributed by atoms with Crippen LogP contribution in [-0.4, -0.2) is 11.9 Å². The number of carbonyl (C=O) groups excluding carboxylic acids is 2. The smallest absolute Gasteiger partial charge is 0.343 e. The van der Waals surface area contributed by atoms with Crippen molar-refractivity contribution in [2.75, 3.05) is 0 Å². The van der Waals surface area contributed by atoms with Crippen molar-refractivity contribution in [2.45, 2.75) is 41.5 Å². The molecule has 0 atom stereocenters. The van der Waals surface area contributed by atoms with Crippen LogP contribution in [-0.2, 0) is 9.47 Å². The van der Waals surface area contributed by atoms with E-state index in [1.165, 1.54) is 0 Å². The summed E-state index contributed by atoms with van der Waals surface area (Å²) in [5.74, 6) is -0.887. The van der Waals surface area contributed by atoms with Gasteiger partial charge in [0.05, 0.1) is 11.1 Å². The Balaban J connectivity index is 2.02. The van der Waals surface area contributed by atoms with Crippen molar-refractivity contribution >= 4 is 46.7 Å². The van der Waals surface area contributed by atoms with Gasteiger partial charge in [0.15, 0.2) is 11.5 Å². The Morgan fingerprint density at radius 2 is 0.775 bits per heavy atom. The number of carbonyl (C=O) groups is 2. The fraction of sp³-hybridized carbons (Fsp3) is 0.176. The second-order valence-corrected chi connectivity index (χ2v) is 10.9. The minimum Gasteiger partial charge on any atom is -0.418 e. The van der Waals surface area contributed by atoms with Crippen LogP contribution in [0, 0.1) is 41.5 Å². The van der Waals surface area contributed by atoms with Crippen LogP contribution in [0.25, 0.3) is 11.5 Å². The molecule has 40 heavy (non-hydrogen) atoms. The number of hydrogen-bond acceptors (Lipinski definition) is 4. The number of rotatable bonds is 6. The van der Waals surface area contributed by atoms with Gasteiger partial charge in [-0.25, -0.2) is 9.59 Å². The first-order valence-corrected chi connectivity index (χ1v) is 13.6. The average Bonchev–Trinajstić information content (AvgIpc) is 2.87. The van der Waals surface area contributed by atoms with E-state index in [9.17, 15) is 9.59 Å². The summed E-state index contributed by atoms with van der Waals surface area (Å²) in [5, 5.41) is 1.00. The molecule has 0 unspecified atom stereocenters. The van der Waals surface area contributed by atoms with Crippen LogP contribution in [0.1, 0.15) is 65.2 Å². The summed E-state index contributed by atoms with van der Waals surface area (Å²) in [6, 6.07) is 20.9. The van der Waals surface area contributed by atoms with Crippen LogP contribution >= 0.6 is 23.2 Å². The molecule has 0 aliphatic rings. The number of ether oxygens (including phenoxy) is 2. The molecule has 0 aromatic heterocycles. The van der Waals surface area contributed by atoms with Gasteiger partial charge in [0.1, 0.15) is 0 Å². The highest BCUT2D eigenvalue weighted by Gasteiger charge is 2.27. The van der Waals surface area contributed by atoms with Crippen molar-refractivity contribution < 1.29 is 19.1 Å². The van der Waals surface area contributed by atoms with E-state index in [0.29, 0.717) is 32.3 Å². The minimum atomic E-state index is -0.603. The third-order valence-electron chi connectivity index (χ3n) is 6.56. The van der Waals surface area contributed by atoms with Gasteiger partial charge in [-0.05, 0) is 112 Å². The lowest BCUT2D eigenvalue weighted by atomic mass is 9.93. The quantitative estimate of drug-likeness (QED) is 0.131. The molecule has 204 valence electrons. The zero-order chi connectivity index (χ0) is 29.1. The highest BCUT2D eigenvalue weighted by atomic mass is 35.5. The van der Waals surface area contributed by atoms with Gasteiger partial charge in [-0.15, -0.1) is 0 Å². The van der Waals surface area contributed by atoms with E-state index < -0.39 is 11.9 Å². The van der Waals surface area contributed by atoms with E-state index >= 15 is 0 Å². The molecule has 0 fully saturated rings. The van der Waals surface area contributed by atoms with E-state index in [1.807, 2.05) is 65.8 Å². The summed E-state index contributed by atoms with van der Waals surface area (Å²) in [6.07, 6.45) is 0. The Hall–Kier alpha value is -3.86. The maximum atomic E-state index is 13.5. The van der Waals surface area contributed by atoms with E-state index in [2.05, 4.69) is 0 Å². The molecule has 0 N–H and O–H groups in total. The first-order chi connectivity index (χ1) is 18.9. The molecule has 4 aromatic rings. The molecule has 0 bridgehead atoms. The van der Waals surface area contributed by atoms with Crippen molar-refractivity contribution in [1.29, 1.82) is 0 Å². The number of esters is 2. The Bertz CT molecular complexity index is 1460.